The minimum Gasteiger partial charge on any atom is -0.507 e. The maximum absolute atomic E-state index is 10.6. The van der Waals surface area contributed by atoms with Gasteiger partial charge in [0, 0.05) is 0 Å². The minimum absolute atomic E-state index is 0.169. The van der Waals surface area contributed by atoms with Crippen LogP contribution in [0, 0.1) is 0 Å². The van der Waals surface area contributed by atoms with E-state index in [0.717, 1.165) is 0 Å². The second-order valence-electron chi connectivity index (χ2n) is 2.56. The van der Waals surface area contributed by atoms with E-state index in [-0.39, 0.29) is 11.3 Å². The first-order valence-electron chi connectivity index (χ1n) is 4.09. The first-order chi connectivity index (χ1) is 6.65. The van der Waals surface area contributed by atoms with Crippen LogP contribution in [0.15, 0.2) is 28.4 Å². The van der Waals surface area contributed by atoms with E-state index < -0.39 is 5.97 Å². The van der Waals surface area contributed by atoms with Crippen LogP contribution >= 0.6 is 0 Å². The van der Waals surface area contributed by atoms with Crippen molar-refractivity contribution >= 4 is 11.7 Å². The van der Waals surface area contributed by atoms with Gasteiger partial charge in [-0.2, -0.15) is 10.2 Å². The zero-order valence-corrected chi connectivity index (χ0v) is 7.64. The Morgan fingerprint density at radius 1 is 1.50 bits per heavy atom. The number of aromatic hydroxyl groups is 1. The van der Waals surface area contributed by atoms with Crippen molar-refractivity contribution in [1.82, 2.24) is 0 Å². The summed E-state index contributed by atoms with van der Waals surface area (Å²) in [6, 6.07) is 4.06. The number of benzene rings is 1. The Morgan fingerprint density at radius 2 is 2.21 bits per heavy atom. The average molecular weight is 194 g/mol. The van der Waals surface area contributed by atoms with Crippen molar-refractivity contribution in [2.75, 3.05) is 6.54 Å². The Balaban J connectivity index is 3.06. The molecule has 0 aliphatic carbocycles. The van der Waals surface area contributed by atoms with Gasteiger partial charge in [0.2, 0.25) is 0 Å². The molecular weight excluding hydrogens is 184 g/mol. The molecular formula is C9H10N2O3. The van der Waals surface area contributed by atoms with Crippen molar-refractivity contribution in [3.05, 3.63) is 23.8 Å². The van der Waals surface area contributed by atoms with Crippen molar-refractivity contribution in [2.24, 2.45) is 10.2 Å². The Hall–Kier alpha value is -1.91. The summed E-state index contributed by atoms with van der Waals surface area (Å²) in [5.74, 6) is -1.45. The molecule has 5 heteroatoms. The largest absolute Gasteiger partial charge is 0.507 e. The fourth-order valence-electron chi connectivity index (χ4n) is 0.910. The second-order valence-corrected chi connectivity index (χ2v) is 2.56. The molecule has 1 rings (SSSR count). The van der Waals surface area contributed by atoms with Gasteiger partial charge < -0.3 is 10.2 Å². The van der Waals surface area contributed by atoms with Gasteiger partial charge in [-0.25, -0.2) is 4.79 Å². The van der Waals surface area contributed by atoms with Gasteiger partial charge >= 0.3 is 5.97 Å². The summed E-state index contributed by atoms with van der Waals surface area (Å²) in [6.07, 6.45) is 0. The van der Waals surface area contributed by atoms with E-state index in [1.54, 1.807) is 0 Å². The molecule has 0 unspecified atom stereocenters. The summed E-state index contributed by atoms with van der Waals surface area (Å²) in [7, 11) is 0. The highest BCUT2D eigenvalue weighted by Crippen LogP contribution is 2.23. The lowest BCUT2D eigenvalue weighted by molar-refractivity contribution is 0.0694. The molecule has 0 saturated carbocycles. The molecule has 0 aromatic heterocycles. The van der Waals surface area contributed by atoms with Crippen LogP contribution in [0.25, 0.3) is 0 Å². The van der Waals surface area contributed by atoms with E-state index in [9.17, 15) is 9.90 Å². The van der Waals surface area contributed by atoms with Crippen LogP contribution in [0.3, 0.4) is 0 Å². The molecule has 1 aromatic carbocycles. The fourth-order valence-corrected chi connectivity index (χ4v) is 0.910. The van der Waals surface area contributed by atoms with E-state index in [1.165, 1.54) is 18.2 Å². The summed E-state index contributed by atoms with van der Waals surface area (Å²) in [5, 5.41) is 25.3. The molecule has 0 atom stereocenters. The highest BCUT2D eigenvalue weighted by Gasteiger charge is 2.09. The van der Waals surface area contributed by atoms with Crippen molar-refractivity contribution in [3.63, 3.8) is 0 Å². The van der Waals surface area contributed by atoms with Gasteiger partial charge in [0.15, 0.2) is 0 Å². The van der Waals surface area contributed by atoms with Gasteiger partial charge in [0.25, 0.3) is 0 Å². The molecule has 5 nitrogen and oxygen atoms in total. The van der Waals surface area contributed by atoms with Crippen LogP contribution in [0.4, 0.5) is 5.69 Å². The van der Waals surface area contributed by atoms with Crippen LogP contribution < -0.4 is 0 Å². The Labute approximate surface area is 80.7 Å². The van der Waals surface area contributed by atoms with Crippen molar-refractivity contribution in [2.45, 2.75) is 6.92 Å². The van der Waals surface area contributed by atoms with E-state index in [1.807, 2.05) is 6.92 Å². The molecule has 0 spiro atoms. The van der Waals surface area contributed by atoms with Crippen LogP contribution in [-0.2, 0) is 0 Å². The number of carboxylic acids is 1. The zero-order chi connectivity index (χ0) is 10.6. The summed E-state index contributed by atoms with van der Waals surface area (Å²) in [6.45, 7) is 2.35. The molecule has 0 fully saturated rings. The van der Waals surface area contributed by atoms with Crippen LogP contribution in [0.2, 0.25) is 0 Å². The number of nitrogens with zero attached hydrogens (tertiary/aromatic N) is 2. The SMILES string of the molecule is CC/N=N/c1ccc(O)c(C(=O)O)c1. The van der Waals surface area contributed by atoms with Gasteiger partial charge in [-0.05, 0) is 25.1 Å². The van der Waals surface area contributed by atoms with E-state index in [0.29, 0.717) is 12.2 Å². The summed E-state index contributed by atoms with van der Waals surface area (Å²) < 4.78 is 0. The third-order valence-corrected chi connectivity index (χ3v) is 1.54. The molecule has 0 aliphatic rings. The Kier molecular flexibility index (Phi) is 3.17. The topological polar surface area (TPSA) is 82.2 Å². The number of azo groups is 1. The zero-order valence-electron chi connectivity index (χ0n) is 7.64. The molecule has 0 radical (unpaired) electrons. The molecule has 0 heterocycles. The number of aromatic carboxylic acids is 1. The third-order valence-electron chi connectivity index (χ3n) is 1.54. The number of hydrogen-bond acceptors (Lipinski definition) is 4. The number of carbonyl (C=O) groups is 1. The molecule has 1 aromatic rings. The van der Waals surface area contributed by atoms with Crippen molar-refractivity contribution in [1.29, 1.82) is 0 Å². The number of hydrogen-bond donors (Lipinski definition) is 2. The first-order valence-corrected chi connectivity index (χ1v) is 4.09. The molecule has 0 bridgehead atoms. The highest BCUT2D eigenvalue weighted by molar-refractivity contribution is 5.91. The summed E-state index contributed by atoms with van der Waals surface area (Å²) in [5.41, 5.74) is 0.250. The highest BCUT2D eigenvalue weighted by atomic mass is 16.4. The summed E-state index contributed by atoms with van der Waals surface area (Å²) >= 11 is 0. The molecule has 2 N–H and O–H groups in total. The lowest BCUT2D eigenvalue weighted by atomic mass is 10.2. The average Bonchev–Trinajstić information content (AvgIpc) is 2.16. The van der Waals surface area contributed by atoms with Crippen molar-refractivity contribution < 1.29 is 15.0 Å². The quantitative estimate of drug-likeness (QED) is 0.723. The predicted octanol–water partition coefficient (Wildman–Crippen LogP) is 2.19. The fraction of sp³-hybridized carbons (Fsp3) is 0.222. The number of carboxylic acid groups (broad SMARTS) is 1. The van der Waals surface area contributed by atoms with Crippen LogP contribution in [0.1, 0.15) is 17.3 Å². The Bertz CT molecular complexity index is 374. The monoisotopic (exact) mass is 194 g/mol. The smallest absolute Gasteiger partial charge is 0.339 e. The van der Waals surface area contributed by atoms with Gasteiger partial charge in [-0.1, -0.05) is 0 Å². The molecule has 0 saturated heterocycles. The maximum Gasteiger partial charge on any atom is 0.339 e. The Morgan fingerprint density at radius 3 is 2.79 bits per heavy atom. The lowest BCUT2D eigenvalue weighted by Crippen LogP contribution is -1.95. The molecule has 74 valence electrons. The molecule has 14 heavy (non-hydrogen) atoms. The van der Waals surface area contributed by atoms with Gasteiger partial charge in [0.05, 0.1) is 12.2 Å². The van der Waals surface area contributed by atoms with E-state index in [2.05, 4.69) is 10.2 Å². The molecule has 0 amide bonds. The van der Waals surface area contributed by atoms with Crippen LogP contribution in [-0.4, -0.2) is 22.7 Å². The first kappa shape index (κ1) is 10.2. The van der Waals surface area contributed by atoms with Crippen molar-refractivity contribution in [3.8, 4) is 5.75 Å². The van der Waals surface area contributed by atoms with E-state index >= 15 is 0 Å². The lowest BCUT2D eigenvalue weighted by Gasteiger charge is -1.99. The van der Waals surface area contributed by atoms with Gasteiger partial charge in [-0.15, -0.1) is 0 Å². The van der Waals surface area contributed by atoms with E-state index in [4.69, 9.17) is 5.11 Å². The maximum atomic E-state index is 10.6. The second kappa shape index (κ2) is 4.36. The van der Waals surface area contributed by atoms with Gasteiger partial charge in [-0.3, -0.25) is 0 Å². The third kappa shape index (κ3) is 2.29. The minimum atomic E-state index is -1.18. The van der Waals surface area contributed by atoms with Crippen LogP contribution in [0.5, 0.6) is 5.75 Å². The summed E-state index contributed by atoms with van der Waals surface area (Å²) in [4.78, 5) is 10.6. The standard InChI is InChI=1S/C9H10N2O3/c1-2-10-11-6-3-4-8(12)7(5-6)9(13)14/h3-5,12H,2H2,1H3,(H,13,14)/b11-10+. The van der Waals surface area contributed by atoms with Gasteiger partial charge in [0.1, 0.15) is 11.3 Å². The predicted molar refractivity (Wildman–Crippen MR) is 50.1 cm³/mol. The number of rotatable bonds is 3. The number of phenols is 1. The normalized spacial score (nSPS) is 10.6. The molecule has 0 aliphatic heterocycles.